The molecular weight excluding hydrogens is 376 g/mol. The molecule has 0 amide bonds. The van der Waals surface area contributed by atoms with Crippen molar-refractivity contribution in [3.05, 3.63) is 96.7 Å². The molecule has 0 aliphatic carbocycles. The van der Waals surface area contributed by atoms with Gasteiger partial charge in [0, 0.05) is 23.6 Å². The Hall–Kier alpha value is -4.06. The van der Waals surface area contributed by atoms with Crippen LogP contribution in [0.4, 0.5) is 23.1 Å². The van der Waals surface area contributed by atoms with Crippen LogP contribution in [-0.2, 0) is 6.61 Å². The predicted molar refractivity (Wildman–Crippen MR) is 119 cm³/mol. The first-order valence-corrected chi connectivity index (χ1v) is 9.56. The molecule has 150 valence electrons. The minimum absolute atomic E-state index is 0.496. The highest BCUT2D eigenvalue weighted by atomic mass is 16.5. The highest BCUT2D eigenvalue weighted by Crippen LogP contribution is 2.22. The Balaban J connectivity index is 1.37. The standard InChI is InChI=1S/C24H22N4O2/c1-29-22-9-5-8-20(16-22)27-24-25-15-14-23(28-24)26-19-10-12-21(13-11-19)30-17-18-6-3-2-4-7-18/h2-16H,17H2,1H3,(H2,25,26,27,28). The number of anilines is 4. The number of hydrogen-bond acceptors (Lipinski definition) is 6. The second-order valence-electron chi connectivity index (χ2n) is 6.55. The molecule has 0 unspecified atom stereocenters. The molecular formula is C24H22N4O2. The quantitative estimate of drug-likeness (QED) is 0.405. The maximum Gasteiger partial charge on any atom is 0.229 e. The summed E-state index contributed by atoms with van der Waals surface area (Å²) in [6, 6.07) is 27.3. The van der Waals surface area contributed by atoms with E-state index in [0.717, 1.165) is 28.4 Å². The first kappa shape index (κ1) is 19.3. The Labute approximate surface area is 175 Å². The zero-order valence-electron chi connectivity index (χ0n) is 16.6. The Morgan fingerprint density at radius 1 is 0.767 bits per heavy atom. The molecule has 0 saturated carbocycles. The van der Waals surface area contributed by atoms with E-state index in [0.29, 0.717) is 18.4 Å². The van der Waals surface area contributed by atoms with Gasteiger partial charge in [0.2, 0.25) is 5.95 Å². The molecule has 2 N–H and O–H groups in total. The molecule has 0 aliphatic heterocycles. The van der Waals surface area contributed by atoms with Gasteiger partial charge in [-0.25, -0.2) is 4.98 Å². The Bertz CT molecular complexity index is 1090. The van der Waals surface area contributed by atoms with Crippen molar-refractivity contribution >= 4 is 23.1 Å². The van der Waals surface area contributed by atoms with E-state index in [9.17, 15) is 0 Å². The first-order valence-electron chi connectivity index (χ1n) is 9.56. The zero-order chi connectivity index (χ0) is 20.6. The maximum absolute atomic E-state index is 5.83. The molecule has 30 heavy (non-hydrogen) atoms. The zero-order valence-corrected chi connectivity index (χ0v) is 16.6. The van der Waals surface area contributed by atoms with Crippen molar-refractivity contribution in [2.24, 2.45) is 0 Å². The summed E-state index contributed by atoms with van der Waals surface area (Å²) in [6.45, 7) is 0.541. The molecule has 4 rings (SSSR count). The minimum atomic E-state index is 0.496. The largest absolute Gasteiger partial charge is 0.497 e. The van der Waals surface area contributed by atoms with Crippen molar-refractivity contribution in [1.82, 2.24) is 9.97 Å². The van der Waals surface area contributed by atoms with Gasteiger partial charge < -0.3 is 20.1 Å². The molecule has 6 nitrogen and oxygen atoms in total. The average Bonchev–Trinajstić information content (AvgIpc) is 2.80. The van der Waals surface area contributed by atoms with Crippen LogP contribution >= 0.6 is 0 Å². The number of nitrogens with one attached hydrogen (secondary N) is 2. The van der Waals surface area contributed by atoms with Crippen LogP contribution in [0.5, 0.6) is 11.5 Å². The molecule has 0 saturated heterocycles. The lowest BCUT2D eigenvalue weighted by Gasteiger charge is -2.10. The third kappa shape index (κ3) is 5.26. The fourth-order valence-electron chi connectivity index (χ4n) is 2.84. The van der Waals surface area contributed by atoms with Gasteiger partial charge in [-0.3, -0.25) is 0 Å². The molecule has 4 aromatic rings. The van der Waals surface area contributed by atoms with Crippen LogP contribution in [0.2, 0.25) is 0 Å². The number of methoxy groups -OCH3 is 1. The van der Waals surface area contributed by atoms with Crippen molar-refractivity contribution in [3.8, 4) is 11.5 Å². The third-order valence-corrected chi connectivity index (χ3v) is 4.36. The number of rotatable bonds is 8. The number of ether oxygens (including phenoxy) is 2. The molecule has 0 spiro atoms. The predicted octanol–water partition coefficient (Wildman–Crippen LogP) is 5.55. The fourth-order valence-corrected chi connectivity index (χ4v) is 2.84. The fraction of sp³-hybridized carbons (Fsp3) is 0.0833. The summed E-state index contributed by atoms with van der Waals surface area (Å²) in [4.78, 5) is 8.79. The van der Waals surface area contributed by atoms with Crippen LogP contribution in [0.25, 0.3) is 0 Å². The van der Waals surface area contributed by atoms with Gasteiger partial charge in [-0.05, 0) is 48.0 Å². The lowest BCUT2D eigenvalue weighted by Crippen LogP contribution is -2.00. The maximum atomic E-state index is 5.83. The monoisotopic (exact) mass is 398 g/mol. The van der Waals surface area contributed by atoms with Crippen LogP contribution in [0.15, 0.2) is 91.1 Å². The normalized spacial score (nSPS) is 10.3. The summed E-state index contributed by atoms with van der Waals surface area (Å²) in [5.41, 5.74) is 2.90. The Morgan fingerprint density at radius 2 is 1.60 bits per heavy atom. The van der Waals surface area contributed by atoms with E-state index in [1.165, 1.54) is 0 Å². The summed E-state index contributed by atoms with van der Waals surface area (Å²) in [7, 11) is 1.64. The molecule has 6 heteroatoms. The van der Waals surface area contributed by atoms with Crippen molar-refractivity contribution in [1.29, 1.82) is 0 Å². The van der Waals surface area contributed by atoms with Gasteiger partial charge in [0.1, 0.15) is 23.9 Å². The van der Waals surface area contributed by atoms with Crippen LogP contribution in [-0.4, -0.2) is 17.1 Å². The molecule has 0 atom stereocenters. The molecule has 0 radical (unpaired) electrons. The van der Waals surface area contributed by atoms with Crippen molar-refractivity contribution < 1.29 is 9.47 Å². The minimum Gasteiger partial charge on any atom is -0.497 e. The second-order valence-corrected chi connectivity index (χ2v) is 6.55. The van der Waals surface area contributed by atoms with E-state index in [4.69, 9.17) is 9.47 Å². The highest BCUT2D eigenvalue weighted by molar-refractivity contribution is 5.60. The molecule has 0 bridgehead atoms. The van der Waals surface area contributed by atoms with Gasteiger partial charge >= 0.3 is 0 Å². The van der Waals surface area contributed by atoms with Gasteiger partial charge in [-0.15, -0.1) is 0 Å². The van der Waals surface area contributed by atoms with Crippen LogP contribution in [0.3, 0.4) is 0 Å². The van der Waals surface area contributed by atoms with E-state index < -0.39 is 0 Å². The molecule has 0 fully saturated rings. The smallest absolute Gasteiger partial charge is 0.229 e. The highest BCUT2D eigenvalue weighted by Gasteiger charge is 2.03. The van der Waals surface area contributed by atoms with Crippen molar-refractivity contribution in [3.63, 3.8) is 0 Å². The van der Waals surface area contributed by atoms with Crippen molar-refractivity contribution in [2.45, 2.75) is 6.61 Å². The molecule has 0 aliphatic rings. The number of hydrogen-bond donors (Lipinski definition) is 2. The summed E-state index contributed by atoms with van der Waals surface area (Å²) in [6.07, 6.45) is 1.70. The summed E-state index contributed by atoms with van der Waals surface area (Å²) < 4.78 is 11.1. The Kier molecular flexibility index (Phi) is 6.05. The summed E-state index contributed by atoms with van der Waals surface area (Å²) >= 11 is 0. The van der Waals surface area contributed by atoms with Crippen LogP contribution < -0.4 is 20.1 Å². The van der Waals surface area contributed by atoms with E-state index in [-0.39, 0.29) is 0 Å². The third-order valence-electron chi connectivity index (χ3n) is 4.36. The number of aromatic nitrogens is 2. The average molecular weight is 398 g/mol. The molecule has 1 aromatic heterocycles. The van der Waals surface area contributed by atoms with Crippen LogP contribution in [0, 0.1) is 0 Å². The van der Waals surface area contributed by atoms with E-state index in [1.54, 1.807) is 13.3 Å². The topological polar surface area (TPSA) is 68.3 Å². The Morgan fingerprint density at radius 3 is 2.40 bits per heavy atom. The molecule has 1 heterocycles. The second kappa shape index (κ2) is 9.43. The van der Waals surface area contributed by atoms with Gasteiger partial charge in [0.25, 0.3) is 0 Å². The van der Waals surface area contributed by atoms with Gasteiger partial charge in [0.05, 0.1) is 7.11 Å². The van der Waals surface area contributed by atoms with E-state index in [2.05, 4.69) is 20.6 Å². The molecule has 3 aromatic carbocycles. The first-order chi connectivity index (χ1) is 14.8. The summed E-state index contributed by atoms with van der Waals surface area (Å²) in [5.74, 6) is 2.76. The SMILES string of the molecule is COc1cccc(Nc2nccc(Nc3ccc(OCc4ccccc4)cc3)n2)c1. The number of benzene rings is 3. The lowest BCUT2D eigenvalue weighted by molar-refractivity contribution is 0.306. The van der Waals surface area contributed by atoms with Gasteiger partial charge in [0.15, 0.2) is 0 Å². The number of nitrogens with zero attached hydrogens (tertiary/aromatic N) is 2. The van der Waals surface area contributed by atoms with E-state index in [1.807, 2.05) is 84.9 Å². The van der Waals surface area contributed by atoms with E-state index >= 15 is 0 Å². The van der Waals surface area contributed by atoms with Gasteiger partial charge in [-0.1, -0.05) is 36.4 Å². The van der Waals surface area contributed by atoms with Crippen molar-refractivity contribution in [2.75, 3.05) is 17.7 Å². The lowest BCUT2D eigenvalue weighted by atomic mass is 10.2. The van der Waals surface area contributed by atoms with Crippen LogP contribution in [0.1, 0.15) is 5.56 Å². The summed E-state index contributed by atoms with van der Waals surface area (Å²) in [5, 5.41) is 6.47. The van der Waals surface area contributed by atoms with Gasteiger partial charge in [-0.2, -0.15) is 4.98 Å².